The zero-order valence-corrected chi connectivity index (χ0v) is 19.4. The average Bonchev–Trinajstić information content (AvgIpc) is 2.77. The van der Waals surface area contributed by atoms with Crippen molar-refractivity contribution in [3.05, 3.63) is 53.2 Å². The maximum absolute atomic E-state index is 4.80. The Morgan fingerprint density at radius 3 is 2.67 bits per heavy atom. The summed E-state index contributed by atoms with van der Waals surface area (Å²) < 4.78 is 0. The Balaban J connectivity index is 1.64. The summed E-state index contributed by atoms with van der Waals surface area (Å²) in [5.41, 5.74) is 3.76. The minimum Gasteiger partial charge on any atom is -0.357 e. The van der Waals surface area contributed by atoms with Gasteiger partial charge in [-0.25, -0.2) is 9.98 Å². The van der Waals surface area contributed by atoms with Crippen molar-refractivity contribution in [1.29, 1.82) is 0 Å². The molecule has 2 N–H and O–H groups in total. The van der Waals surface area contributed by atoms with Gasteiger partial charge in [0.2, 0.25) is 0 Å². The molecule has 2 aromatic rings. The van der Waals surface area contributed by atoms with Gasteiger partial charge in [-0.3, -0.25) is 0 Å². The molecule has 1 aromatic heterocycles. The average molecular weight is 427 g/mol. The molecule has 0 spiro atoms. The van der Waals surface area contributed by atoms with Gasteiger partial charge in [-0.15, -0.1) is 11.8 Å². The fraction of sp³-hybridized carbons (Fsp3) is 0.478. The van der Waals surface area contributed by atoms with Crippen LogP contribution in [0.1, 0.15) is 23.6 Å². The molecule has 7 heteroatoms. The molecule has 1 aromatic carbocycles. The number of anilines is 1. The second-order valence-corrected chi connectivity index (χ2v) is 8.52. The van der Waals surface area contributed by atoms with Gasteiger partial charge in [0.05, 0.1) is 6.54 Å². The molecular weight excluding hydrogens is 392 g/mol. The van der Waals surface area contributed by atoms with E-state index in [9.17, 15) is 0 Å². The highest BCUT2D eigenvalue weighted by Crippen LogP contribution is 2.21. The summed E-state index contributed by atoms with van der Waals surface area (Å²) in [5, 5.41) is 6.83. The van der Waals surface area contributed by atoms with E-state index < -0.39 is 0 Å². The Labute approximate surface area is 185 Å². The van der Waals surface area contributed by atoms with E-state index in [1.54, 1.807) is 11.8 Å². The molecule has 1 aliphatic heterocycles. The van der Waals surface area contributed by atoms with E-state index in [1.807, 2.05) is 6.20 Å². The molecule has 0 unspecified atom stereocenters. The number of hydrogen-bond donors (Lipinski definition) is 2. The largest absolute Gasteiger partial charge is 0.357 e. The topological polar surface area (TPSA) is 55.8 Å². The van der Waals surface area contributed by atoms with Crippen LogP contribution in [0.5, 0.6) is 0 Å². The van der Waals surface area contributed by atoms with Crippen LogP contribution in [0, 0.1) is 6.92 Å². The van der Waals surface area contributed by atoms with Crippen LogP contribution in [0.2, 0.25) is 0 Å². The number of pyridine rings is 1. The molecule has 1 aliphatic rings. The predicted octanol–water partition coefficient (Wildman–Crippen LogP) is 3.12. The zero-order valence-electron chi connectivity index (χ0n) is 18.6. The summed E-state index contributed by atoms with van der Waals surface area (Å²) in [5.74, 6) is 1.89. The van der Waals surface area contributed by atoms with Crippen LogP contribution < -0.4 is 15.5 Å². The van der Waals surface area contributed by atoms with Crippen molar-refractivity contribution in [3.8, 4) is 0 Å². The van der Waals surface area contributed by atoms with Crippen LogP contribution in [0.15, 0.2) is 46.4 Å². The molecule has 0 amide bonds. The van der Waals surface area contributed by atoms with Gasteiger partial charge in [0.25, 0.3) is 0 Å². The minimum atomic E-state index is 0.627. The van der Waals surface area contributed by atoms with Crippen molar-refractivity contribution in [2.75, 3.05) is 50.9 Å². The maximum atomic E-state index is 4.80. The first-order valence-electron chi connectivity index (χ1n) is 10.6. The van der Waals surface area contributed by atoms with Gasteiger partial charge in [-0.05, 0) is 62.0 Å². The summed E-state index contributed by atoms with van der Waals surface area (Å²) in [6.45, 7) is 10.6. The van der Waals surface area contributed by atoms with Gasteiger partial charge in [-0.2, -0.15) is 0 Å². The molecule has 6 nitrogen and oxygen atoms in total. The third kappa shape index (κ3) is 6.37. The Hall–Kier alpha value is -2.25. The first-order valence-corrected chi connectivity index (χ1v) is 11.9. The van der Waals surface area contributed by atoms with Crippen LogP contribution in [-0.2, 0) is 13.1 Å². The summed E-state index contributed by atoms with van der Waals surface area (Å²) in [6, 6.07) is 10.8. The van der Waals surface area contributed by atoms with Crippen molar-refractivity contribution in [2.24, 2.45) is 4.99 Å². The fourth-order valence-electron chi connectivity index (χ4n) is 3.46. The normalized spacial score (nSPS) is 15.3. The van der Waals surface area contributed by atoms with Gasteiger partial charge in [0.1, 0.15) is 5.82 Å². The Morgan fingerprint density at radius 2 is 1.93 bits per heavy atom. The van der Waals surface area contributed by atoms with Gasteiger partial charge in [0, 0.05) is 50.4 Å². The summed E-state index contributed by atoms with van der Waals surface area (Å²) in [7, 11) is 2.17. The highest BCUT2D eigenvalue weighted by Gasteiger charge is 2.15. The molecule has 0 saturated carbocycles. The molecule has 0 radical (unpaired) electrons. The van der Waals surface area contributed by atoms with E-state index in [1.165, 1.54) is 21.6 Å². The van der Waals surface area contributed by atoms with E-state index in [2.05, 4.69) is 82.9 Å². The quantitative estimate of drug-likeness (QED) is 0.403. The molecule has 1 saturated heterocycles. The molecule has 2 heterocycles. The third-order valence-electron chi connectivity index (χ3n) is 5.29. The first kappa shape index (κ1) is 22.4. The summed E-state index contributed by atoms with van der Waals surface area (Å²) >= 11 is 1.79. The number of likely N-dealkylation sites (N-methyl/N-ethyl adjacent to an activating group) is 1. The second kappa shape index (κ2) is 11.2. The molecule has 0 aliphatic carbocycles. The Kier molecular flexibility index (Phi) is 8.39. The molecule has 162 valence electrons. The van der Waals surface area contributed by atoms with Crippen molar-refractivity contribution >= 4 is 23.5 Å². The number of nitrogens with one attached hydrogen (secondary N) is 2. The van der Waals surface area contributed by atoms with Crippen LogP contribution in [0.4, 0.5) is 5.82 Å². The number of benzene rings is 1. The fourth-order valence-corrected chi connectivity index (χ4v) is 4.16. The minimum absolute atomic E-state index is 0.627. The van der Waals surface area contributed by atoms with Crippen molar-refractivity contribution < 1.29 is 0 Å². The number of aromatic nitrogens is 1. The molecule has 0 atom stereocenters. The smallest absolute Gasteiger partial charge is 0.191 e. The third-order valence-corrected chi connectivity index (χ3v) is 6.11. The van der Waals surface area contributed by atoms with Gasteiger partial charge >= 0.3 is 0 Å². The van der Waals surface area contributed by atoms with Crippen molar-refractivity contribution in [2.45, 2.75) is 31.8 Å². The monoisotopic (exact) mass is 426 g/mol. The molecule has 1 fully saturated rings. The van der Waals surface area contributed by atoms with Gasteiger partial charge < -0.3 is 20.4 Å². The van der Waals surface area contributed by atoms with E-state index >= 15 is 0 Å². The molecule has 0 bridgehead atoms. The number of aryl methyl sites for hydroxylation is 1. The molecule has 3 rings (SSSR count). The lowest BCUT2D eigenvalue weighted by Gasteiger charge is -2.33. The molecule has 30 heavy (non-hydrogen) atoms. The Morgan fingerprint density at radius 1 is 1.13 bits per heavy atom. The van der Waals surface area contributed by atoms with E-state index in [0.717, 1.165) is 51.0 Å². The second-order valence-electron chi connectivity index (χ2n) is 7.68. The lowest BCUT2D eigenvalue weighted by molar-refractivity contribution is 0.312. The lowest BCUT2D eigenvalue weighted by Crippen LogP contribution is -2.44. The Bertz CT molecular complexity index is 845. The van der Waals surface area contributed by atoms with E-state index in [4.69, 9.17) is 4.99 Å². The predicted molar refractivity (Wildman–Crippen MR) is 129 cm³/mol. The van der Waals surface area contributed by atoms with E-state index in [0.29, 0.717) is 6.54 Å². The highest BCUT2D eigenvalue weighted by molar-refractivity contribution is 7.98. The first-order chi connectivity index (χ1) is 14.6. The zero-order chi connectivity index (χ0) is 21.3. The number of thioether (sulfide) groups is 1. The summed E-state index contributed by atoms with van der Waals surface area (Å²) in [6.07, 6.45) is 4.02. The van der Waals surface area contributed by atoms with Gasteiger partial charge in [-0.1, -0.05) is 12.1 Å². The number of rotatable bonds is 7. The number of piperazine rings is 1. The van der Waals surface area contributed by atoms with Crippen molar-refractivity contribution in [3.63, 3.8) is 0 Å². The summed E-state index contributed by atoms with van der Waals surface area (Å²) in [4.78, 5) is 15.4. The number of hydrogen-bond acceptors (Lipinski definition) is 5. The number of nitrogens with zero attached hydrogens (tertiary/aromatic N) is 4. The lowest BCUT2D eigenvalue weighted by atomic mass is 10.1. The van der Waals surface area contributed by atoms with Crippen LogP contribution in [0.25, 0.3) is 0 Å². The van der Waals surface area contributed by atoms with Crippen molar-refractivity contribution in [1.82, 2.24) is 20.5 Å². The standard InChI is InChI=1S/C23H34N6S/c1-5-24-23(27-17-20-7-6-18(2)14-21(20)30-4)26-16-19-8-9-25-22(15-19)29-12-10-28(3)11-13-29/h6-9,14-15H,5,10-13,16-17H2,1-4H3,(H2,24,26,27). The van der Waals surface area contributed by atoms with Crippen LogP contribution in [0.3, 0.4) is 0 Å². The number of guanidine groups is 1. The highest BCUT2D eigenvalue weighted by atomic mass is 32.2. The maximum Gasteiger partial charge on any atom is 0.191 e. The molecular formula is C23H34N6S. The number of aliphatic imine (C=N–C) groups is 1. The van der Waals surface area contributed by atoms with Crippen LogP contribution in [-0.4, -0.2) is 61.9 Å². The van der Waals surface area contributed by atoms with E-state index in [-0.39, 0.29) is 0 Å². The SMILES string of the molecule is CCNC(=NCc1ccnc(N2CCN(C)CC2)c1)NCc1ccc(C)cc1SC. The van der Waals surface area contributed by atoms with Gasteiger partial charge in [0.15, 0.2) is 5.96 Å². The van der Waals surface area contributed by atoms with Crippen LogP contribution >= 0.6 is 11.8 Å².